The van der Waals surface area contributed by atoms with Gasteiger partial charge in [0.15, 0.2) is 0 Å². The standard InChI is InChI=1S/C10H12ClF2NS/c11-5-8-6-14-9(15-8)7-2-1-3-10(12,13)4-7/h6-7H,1-5H2. The van der Waals surface area contributed by atoms with E-state index in [1.807, 2.05) is 0 Å². The zero-order valence-corrected chi connectivity index (χ0v) is 9.75. The molecule has 5 heteroatoms. The molecule has 1 atom stereocenters. The topological polar surface area (TPSA) is 12.9 Å². The third-order valence-electron chi connectivity index (χ3n) is 2.69. The van der Waals surface area contributed by atoms with Gasteiger partial charge in [-0.3, -0.25) is 0 Å². The molecule has 0 aliphatic heterocycles. The maximum absolute atomic E-state index is 13.2. The lowest BCUT2D eigenvalue weighted by Crippen LogP contribution is -2.24. The number of rotatable bonds is 2. The molecule has 1 aliphatic rings. The van der Waals surface area contributed by atoms with Crippen LogP contribution in [0, 0.1) is 0 Å². The van der Waals surface area contributed by atoms with E-state index in [1.54, 1.807) is 6.20 Å². The molecule has 0 bridgehead atoms. The number of halogens is 3. The molecule has 84 valence electrons. The molecule has 1 nitrogen and oxygen atoms in total. The molecule has 1 saturated carbocycles. The number of thiazole rings is 1. The van der Waals surface area contributed by atoms with E-state index >= 15 is 0 Å². The Hall–Kier alpha value is -0.220. The van der Waals surface area contributed by atoms with Crippen molar-refractivity contribution >= 4 is 22.9 Å². The molecule has 0 N–H and O–H groups in total. The predicted octanol–water partition coefficient (Wildman–Crippen LogP) is 4.17. The Morgan fingerprint density at radius 3 is 3.00 bits per heavy atom. The third kappa shape index (κ3) is 2.67. The highest BCUT2D eigenvalue weighted by Crippen LogP contribution is 2.42. The van der Waals surface area contributed by atoms with Crippen molar-refractivity contribution in [3.63, 3.8) is 0 Å². The van der Waals surface area contributed by atoms with E-state index in [1.165, 1.54) is 11.3 Å². The summed E-state index contributed by atoms with van der Waals surface area (Å²) in [5.74, 6) is -2.16. The minimum atomic E-state index is -2.50. The smallest absolute Gasteiger partial charge is 0.248 e. The van der Waals surface area contributed by atoms with Gasteiger partial charge in [-0.05, 0) is 12.8 Å². The fraction of sp³-hybridized carbons (Fsp3) is 0.700. The number of nitrogens with zero attached hydrogens (tertiary/aromatic N) is 1. The lowest BCUT2D eigenvalue weighted by Gasteiger charge is -2.27. The molecule has 0 saturated heterocycles. The largest absolute Gasteiger partial charge is 0.249 e. The number of aromatic nitrogens is 1. The SMILES string of the molecule is FC1(F)CCCC(c2ncc(CCl)s2)C1. The van der Waals surface area contributed by atoms with Crippen molar-refractivity contribution in [2.75, 3.05) is 0 Å². The molecule has 1 aromatic heterocycles. The van der Waals surface area contributed by atoms with Gasteiger partial charge in [0.1, 0.15) is 0 Å². The Morgan fingerprint density at radius 1 is 1.60 bits per heavy atom. The van der Waals surface area contributed by atoms with Crippen molar-refractivity contribution in [1.82, 2.24) is 4.98 Å². The van der Waals surface area contributed by atoms with Gasteiger partial charge in [0.05, 0.1) is 10.9 Å². The Kier molecular flexibility index (Phi) is 3.26. The van der Waals surface area contributed by atoms with Crippen LogP contribution in [0.3, 0.4) is 0 Å². The van der Waals surface area contributed by atoms with Gasteiger partial charge in [-0.25, -0.2) is 13.8 Å². The second-order valence-electron chi connectivity index (χ2n) is 3.95. The summed E-state index contributed by atoms with van der Waals surface area (Å²) in [4.78, 5) is 5.14. The summed E-state index contributed by atoms with van der Waals surface area (Å²) >= 11 is 7.12. The molecule has 1 heterocycles. The third-order valence-corrected chi connectivity index (χ3v) is 4.30. The van der Waals surface area contributed by atoms with Crippen molar-refractivity contribution in [1.29, 1.82) is 0 Å². The van der Waals surface area contributed by atoms with Crippen LogP contribution in [0.5, 0.6) is 0 Å². The van der Waals surface area contributed by atoms with Gasteiger partial charge in [-0.1, -0.05) is 0 Å². The number of alkyl halides is 3. The molecule has 1 unspecified atom stereocenters. The van der Waals surface area contributed by atoms with Crippen LogP contribution in [0.25, 0.3) is 0 Å². The van der Waals surface area contributed by atoms with Crippen LogP contribution in [0.4, 0.5) is 8.78 Å². The predicted molar refractivity (Wildman–Crippen MR) is 57.8 cm³/mol. The average Bonchev–Trinajstić information content (AvgIpc) is 2.64. The van der Waals surface area contributed by atoms with Crippen LogP contribution < -0.4 is 0 Å². The first kappa shape index (κ1) is 11.3. The molecule has 0 spiro atoms. The fourth-order valence-electron chi connectivity index (χ4n) is 1.96. The van der Waals surface area contributed by atoms with E-state index in [9.17, 15) is 8.78 Å². The maximum atomic E-state index is 13.2. The highest BCUT2D eigenvalue weighted by molar-refractivity contribution is 7.11. The van der Waals surface area contributed by atoms with E-state index in [0.29, 0.717) is 12.3 Å². The van der Waals surface area contributed by atoms with Crippen LogP contribution in [0.1, 0.15) is 41.5 Å². The normalized spacial score (nSPS) is 25.4. The van der Waals surface area contributed by atoms with Crippen molar-refractivity contribution in [2.45, 2.75) is 43.4 Å². The summed E-state index contributed by atoms with van der Waals surface area (Å²) in [5, 5.41) is 0.824. The Balaban J connectivity index is 2.10. The van der Waals surface area contributed by atoms with E-state index < -0.39 is 5.92 Å². The van der Waals surface area contributed by atoms with Gasteiger partial charge in [0.25, 0.3) is 0 Å². The molecule has 1 fully saturated rings. The lowest BCUT2D eigenvalue weighted by molar-refractivity contribution is -0.0408. The van der Waals surface area contributed by atoms with E-state index in [4.69, 9.17) is 11.6 Å². The number of hydrogen-bond donors (Lipinski definition) is 0. The van der Waals surface area contributed by atoms with Gasteiger partial charge in [0, 0.05) is 29.8 Å². The zero-order valence-electron chi connectivity index (χ0n) is 8.18. The summed E-state index contributed by atoms with van der Waals surface area (Å²) in [7, 11) is 0. The molecular weight excluding hydrogens is 240 g/mol. The molecule has 15 heavy (non-hydrogen) atoms. The van der Waals surface area contributed by atoms with Crippen molar-refractivity contribution in [3.8, 4) is 0 Å². The average molecular weight is 252 g/mol. The fourth-order valence-corrected chi connectivity index (χ4v) is 3.09. The minimum absolute atomic E-state index is 0.0250. The summed E-state index contributed by atoms with van der Waals surface area (Å²) in [6.45, 7) is 0. The van der Waals surface area contributed by atoms with Gasteiger partial charge in [0.2, 0.25) is 5.92 Å². The van der Waals surface area contributed by atoms with Crippen molar-refractivity contribution in [2.24, 2.45) is 0 Å². The highest BCUT2D eigenvalue weighted by Gasteiger charge is 2.37. The van der Waals surface area contributed by atoms with Crippen LogP contribution in [0.15, 0.2) is 6.20 Å². The highest BCUT2D eigenvalue weighted by atomic mass is 35.5. The van der Waals surface area contributed by atoms with Crippen molar-refractivity contribution < 1.29 is 8.78 Å². The molecule has 1 aliphatic carbocycles. The van der Waals surface area contributed by atoms with E-state index in [0.717, 1.165) is 16.3 Å². The molecule has 0 amide bonds. The second-order valence-corrected chi connectivity index (χ2v) is 5.36. The first-order chi connectivity index (χ1) is 7.11. The summed E-state index contributed by atoms with van der Waals surface area (Å²) in [6, 6.07) is 0. The molecule has 0 radical (unpaired) electrons. The number of hydrogen-bond acceptors (Lipinski definition) is 2. The quantitative estimate of drug-likeness (QED) is 0.719. The second kappa shape index (κ2) is 4.34. The maximum Gasteiger partial charge on any atom is 0.248 e. The molecule has 2 rings (SSSR count). The zero-order chi connectivity index (χ0) is 10.9. The van der Waals surface area contributed by atoms with Crippen LogP contribution in [0.2, 0.25) is 0 Å². The van der Waals surface area contributed by atoms with Gasteiger partial charge in [-0.15, -0.1) is 22.9 Å². The molecule has 1 aromatic rings. The summed E-state index contributed by atoms with van der Waals surface area (Å²) < 4.78 is 26.4. The first-order valence-corrected chi connectivity index (χ1v) is 6.34. The Labute approximate surface area is 96.5 Å². The van der Waals surface area contributed by atoms with E-state index in [-0.39, 0.29) is 18.8 Å². The van der Waals surface area contributed by atoms with Crippen molar-refractivity contribution in [3.05, 3.63) is 16.1 Å². The first-order valence-electron chi connectivity index (χ1n) is 4.99. The van der Waals surface area contributed by atoms with Crippen LogP contribution in [-0.2, 0) is 5.88 Å². The van der Waals surface area contributed by atoms with Gasteiger partial charge >= 0.3 is 0 Å². The molecular formula is C10H12ClF2NS. The minimum Gasteiger partial charge on any atom is -0.249 e. The van der Waals surface area contributed by atoms with Gasteiger partial charge < -0.3 is 0 Å². The van der Waals surface area contributed by atoms with Crippen LogP contribution >= 0.6 is 22.9 Å². The molecule has 0 aromatic carbocycles. The lowest BCUT2D eigenvalue weighted by atomic mass is 9.87. The Bertz CT molecular complexity index is 340. The monoisotopic (exact) mass is 251 g/mol. The Morgan fingerprint density at radius 2 is 2.40 bits per heavy atom. The van der Waals surface area contributed by atoms with Gasteiger partial charge in [-0.2, -0.15) is 0 Å². The van der Waals surface area contributed by atoms with Crippen LogP contribution in [-0.4, -0.2) is 10.9 Å². The van der Waals surface area contributed by atoms with E-state index in [2.05, 4.69) is 4.98 Å². The summed E-state index contributed by atoms with van der Waals surface area (Å²) in [5.41, 5.74) is 0. The summed E-state index contributed by atoms with van der Waals surface area (Å²) in [6.07, 6.45) is 3.08.